The smallest absolute Gasteiger partial charge is 0.333 e. The Hall–Kier alpha value is 0.160. The van der Waals surface area contributed by atoms with E-state index >= 15 is 0 Å². The summed E-state index contributed by atoms with van der Waals surface area (Å²) in [7, 11) is 2.14. The standard InChI is InChI=1S/C11H18N2S.HI/c1-9-8-14-11(13(9)2)12-10-6-4-3-5-7-10;/h8,10H,3-7H2,1-2H3;1H. The molecule has 0 atom stereocenters. The van der Waals surface area contributed by atoms with Crippen LogP contribution in [-0.4, -0.2) is 6.04 Å². The van der Waals surface area contributed by atoms with E-state index < -0.39 is 0 Å². The third-order valence-electron chi connectivity index (χ3n) is 3.11. The second kappa shape index (κ2) is 6.03. The first-order chi connectivity index (χ1) is 6.77. The van der Waals surface area contributed by atoms with E-state index in [1.54, 1.807) is 0 Å². The lowest BCUT2D eigenvalue weighted by molar-refractivity contribution is -0.659. The van der Waals surface area contributed by atoms with E-state index in [2.05, 4.69) is 29.2 Å². The predicted octanol–water partition coefficient (Wildman–Crippen LogP) is -0.370. The van der Waals surface area contributed by atoms with E-state index in [9.17, 15) is 0 Å². The lowest BCUT2D eigenvalue weighted by Crippen LogP contribution is -3.00. The van der Waals surface area contributed by atoms with Crippen molar-refractivity contribution in [3.05, 3.63) is 11.1 Å². The maximum absolute atomic E-state index is 3.65. The number of aromatic nitrogens is 1. The molecule has 1 saturated carbocycles. The van der Waals surface area contributed by atoms with Gasteiger partial charge in [0.05, 0.1) is 13.1 Å². The molecule has 1 heterocycles. The summed E-state index contributed by atoms with van der Waals surface area (Å²) >= 11 is 1.82. The van der Waals surface area contributed by atoms with Crippen molar-refractivity contribution >= 4 is 16.5 Å². The fourth-order valence-electron chi connectivity index (χ4n) is 2.01. The molecule has 0 spiro atoms. The second-order valence-corrected chi connectivity index (χ2v) is 5.08. The van der Waals surface area contributed by atoms with Gasteiger partial charge in [-0.15, -0.1) is 0 Å². The van der Waals surface area contributed by atoms with Gasteiger partial charge >= 0.3 is 5.13 Å². The number of rotatable bonds is 2. The molecule has 1 aromatic heterocycles. The Morgan fingerprint density at radius 3 is 2.53 bits per heavy atom. The van der Waals surface area contributed by atoms with E-state index in [1.165, 1.54) is 42.9 Å². The van der Waals surface area contributed by atoms with E-state index in [-0.39, 0.29) is 24.0 Å². The fourth-order valence-corrected chi connectivity index (χ4v) is 2.99. The molecule has 1 N–H and O–H groups in total. The van der Waals surface area contributed by atoms with E-state index in [0.717, 1.165) is 0 Å². The highest BCUT2D eigenvalue weighted by Crippen LogP contribution is 2.22. The summed E-state index contributed by atoms with van der Waals surface area (Å²) in [6.45, 7) is 2.16. The van der Waals surface area contributed by atoms with Crippen LogP contribution in [0.4, 0.5) is 5.13 Å². The maximum Gasteiger partial charge on any atom is 0.333 e. The molecule has 0 amide bonds. The molecule has 15 heavy (non-hydrogen) atoms. The molecule has 1 aliphatic rings. The van der Waals surface area contributed by atoms with Crippen molar-refractivity contribution in [1.29, 1.82) is 0 Å². The molecular formula is C11H19IN2S. The summed E-state index contributed by atoms with van der Waals surface area (Å²) in [5.41, 5.74) is 1.34. The lowest BCUT2D eigenvalue weighted by Gasteiger charge is -2.18. The average Bonchev–Trinajstić information content (AvgIpc) is 2.52. The zero-order chi connectivity index (χ0) is 9.97. The predicted molar refractivity (Wildman–Crippen MR) is 60.7 cm³/mol. The number of nitrogens with zero attached hydrogens (tertiary/aromatic N) is 1. The Morgan fingerprint density at radius 1 is 1.33 bits per heavy atom. The molecule has 0 saturated heterocycles. The van der Waals surface area contributed by atoms with Crippen LogP contribution in [0, 0.1) is 6.92 Å². The Morgan fingerprint density at radius 2 is 2.00 bits per heavy atom. The molecule has 2 rings (SSSR count). The fraction of sp³-hybridized carbons (Fsp3) is 0.727. The molecule has 0 bridgehead atoms. The minimum Gasteiger partial charge on any atom is -1.00 e. The lowest BCUT2D eigenvalue weighted by atomic mass is 9.96. The Kier molecular flexibility index (Phi) is 5.32. The van der Waals surface area contributed by atoms with Crippen molar-refractivity contribution in [2.45, 2.75) is 45.1 Å². The van der Waals surface area contributed by atoms with Gasteiger partial charge in [0.2, 0.25) is 0 Å². The van der Waals surface area contributed by atoms with Crippen molar-refractivity contribution < 1.29 is 28.5 Å². The summed E-state index contributed by atoms with van der Waals surface area (Å²) in [5.74, 6) is 0. The highest BCUT2D eigenvalue weighted by molar-refractivity contribution is 7.13. The molecule has 1 aromatic rings. The van der Waals surface area contributed by atoms with Crippen LogP contribution >= 0.6 is 11.3 Å². The van der Waals surface area contributed by atoms with Crippen LogP contribution in [0.3, 0.4) is 0 Å². The highest BCUT2D eigenvalue weighted by atomic mass is 127. The normalized spacial score (nSPS) is 17.2. The van der Waals surface area contributed by atoms with Gasteiger partial charge in [0, 0.05) is 5.38 Å². The van der Waals surface area contributed by atoms with Crippen molar-refractivity contribution in [3.63, 3.8) is 0 Å². The van der Waals surface area contributed by atoms with Crippen LogP contribution in [0.15, 0.2) is 5.38 Å². The van der Waals surface area contributed by atoms with Gasteiger partial charge in [0.25, 0.3) is 0 Å². The molecule has 86 valence electrons. The van der Waals surface area contributed by atoms with Gasteiger partial charge in [-0.25, -0.2) is 4.57 Å². The third-order valence-corrected chi connectivity index (χ3v) is 4.18. The number of hydrogen-bond acceptors (Lipinski definition) is 2. The minimum atomic E-state index is 0. The maximum atomic E-state index is 3.65. The number of aryl methyl sites for hydroxylation is 1. The van der Waals surface area contributed by atoms with Crippen LogP contribution in [0.2, 0.25) is 0 Å². The molecule has 1 fully saturated rings. The number of thiazole rings is 1. The quantitative estimate of drug-likeness (QED) is 0.575. The summed E-state index contributed by atoms with van der Waals surface area (Å²) in [4.78, 5) is 0. The average molecular weight is 338 g/mol. The number of hydrogen-bond donors (Lipinski definition) is 1. The van der Waals surface area contributed by atoms with E-state index in [0.29, 0.717) is 6.04 Å². The second-order valence-electron chi connectivity index (χ2n) is 4.22. The largest absolute Gasteiger partial charge is 1.00 e. The third kappa shape index (κ3) is 3.31. The summed E-state index contributed by atoms with van der Waals surface area (Å²) in [6.07, 6.45) is 6.90. The van der Waals surface area contributed by atoms with Gasteiger partial charge in [-0.05, 0) is 32.6 Å². The Balaban J connectivity index is 0.00000112. The van der Waals surface area contributed by atoms with Gasteiger partial charge in [-0.3, -0.25) is 5.32 Å². The first-order valence-electron chi connectivity index (χ1n) is 5.48. The van der Waals surface area contributed by atoms with Crippen LogP contribution in [0.25, 0.3) is 0 Å². The van der Waals surface area contributed by atoms with Crippen molar-refractivity contribution in [2.75, 3.05) is 5.32 Å². The van der Waals surface area contributed by atoms with Gasteiger partial charge in [-0.1, -0.05) is 17.8 Å². The molecule has 2 nitrogen and oxygen atoms in total. The molecular weight excluding hydrogens is 319 g/mol. The summed E-state index contributed by atoms with van der Waals surface area (Å²) < 4.78 is 2.25. The van der Waals surface area contributed by atoms with Gasteiger partial charge in [0.1, 0.15) is 5.69 Å². The van der Waals surface area contributed by atoms with Gasteiger partial charge < -0.3 is 24.0 Å². The molecule has 1 aliphatic carbocycles. The van der Waals surface area contributed by atoms with Gasteiger partial charge in [-0.2, -0.15) is 0 Å². The number of anilines is 1. The first kappa shape index (κ1) is 13.2. The van der Waals surface area contributed by atoms with E-state index in [4.69, 9.17) is 0 Å². The van der Waals surface area contributed by atoms with E-state index in [1.807, 2.05) is 11.3 Å². The summed E-state index contributed by atoms with van der Waals surface area (Å²) in [6, 6.07) is 0.716. The molecule has 4 heteroatoms. The molecule has 0 unspecified atom stereocenters. The molecule has 0 aliphatic heterocycles. The number of halogens is 1. The van der Waals surface area contributed by atoms with Crippen LogP contribution in [-0.2, 0) is 7.05 Å². The van der Waals surface area contributed by atoms with Crippen molar-refractivity contribution in [1.82, 2.24) is 0 Å². The Labute approximate surface area is 113 Å². The van der Waals surface area contributed by atoms with Crippen LogP contribution < -0.4 is 33.9 Å². The molecule has 0 aromatic carbocycles. The first-order valence-corrected chi connectivity index (χ1v) is 6.36. The van der Waals surface area contributed by atoms with Crippen molar-refractivity contribution in [3.8, 4) is 0 Å². The minimum absolute atomic E-state index is 0. The highest BCUT2D eigenvalue weighted by Gasteiger charge is 2.20. The van der Waals surface area contributed by atoms with Gasteiger partial charge in [0.15, 0.2) is 0 Å². The van der Waals surface area contributed by atoms with Crippen LogP contribution in [0.5, 0.6) is 0 Å². The van der Waals surface area contributed by atoms with Crippen molar-refractivity contribution in [2.24, 2.45) is 7.05 Å². The van der Waals surface area contributed by atoms with Crippen LogP contribution in [0.1, 0.15) is 37.8 Å². The topological polar surface area (TPSA) is 15.9 Å². The molecule has 0 radical (unpaired) electrons. The Bertz CT molecular complexity index is 306. The number of nitrogens with one attached hydrogen (secondary N) is 1. The zero-order valence-electron chi connectivity index (χ0n) is 9.42. The summed E-state index contributed by atoms with van der Waals surface area (Å²) in [5, 5.41) is 7.18. The SMILES string of the molecule is Cc1csc(NC2CCCCC2)[n+]1C.[I-]. The zero-order valence-corrected chi connectivity index (χ0v) is 12.4. The monoisotopic (exact) mass is 338 g/mol.